The summed E-state index contributed by atoms with van der Waals surface area (Å²) >= 11 is 3.42. The fourth-order valence-electron chi connectivity index (χ4n) is 2.49. The van der Waals surface area contributed by atoms with Crippen LogP contribution in [0, 0.1) is 0 Å². The first kappa shape index (κ1) is 22.5. The van der Waals surface area contributed by atoms with Crippen molar-refractivity contribution >= 4 is 28.1 Å². The number of amides is 1. The molecule has 0 aromatic heterocycles. The SMILES string of the molecule is CCCOc1ccc(C(=O)N/N=C/c2cc(Br)c(OC)c(OC)c2)cc1OCC. The first-order valence-electron chi connectivity index (χ1n) is 9.18. The third kappa shape index (κ3) is 6.12. The molecule has 0 bridgehead atoms. The minimum Gasteiger partial charge on any atom is -0.493 e. The summed E-state index contributed by atoms with van der Waals surface area (Å²) in [4.78, 5) is 12.4. The van der Waals surface area contributed by atoms with Crippen LogP contribution in [0.5, 0.6) is 23.0 Å². The molecule has 7 nitrogen and oxygen atoms in total. The highest BCUT2D eigenvalue weighted by Crippen LogP contribution is 2.35. The second-order valence-electron chi connectivity index (χ2n) is 5.88. The Balaban J connectivity index is 2.12. The van der Waals surface area contributed by atoms with Crippen LogP contribution < -0.4 is 24.4 Å². The molecule has 0 aliphatic rings. The monoisotopic (exact) mass is 464 g/mol. The maximum absolute atomic E-state index is 12.4. The smallest absolute Gasteiger partial charge is 0.271 e. The van der Waals surface area contributed by atoms with E-state index in [1.165, 1.54) is 6.21 Å². The molecule has 0 saturated heterocycles. The quantitative estimate of drug-likeness (QED) is 0.415. The number of carbonyl (C=O) groups excluding carboxylic acids is 1. The van der Waals surface area contributed by atoms with Gasteiger partial charge in [0.25, 0.3) is 5.91 Å². The van der Waals surface area contributed by atoms with Gasteiger partial charge in [0.1, 0.15) is 0 Å². The van der Waals surface area contributed by atoms with Gasteiger partial charge >= 0.3 is 0 Å². The number of carbonyl (C=O) groups is 1. The number of ether oxygens (including phenoxy) is 4. The zero-order valence-electron chi connectivity index (χ0n) is 17.0. The molecule has 1 amide bonds. The fourth-order valence-corrected chi connectivity index (χ4v) is 3.11. The molecule has 2 aromatic carbocycles. The van der Waals surface area contributed by atoms with Crippen molar-refractivity contribution in [3.05, 3.63) is 45.9 Å². The van der Waals surface area contributed by atoms with Crippen LogP contribution >= 0.6 is 15.9 Å². The molecule has 0 aliphatic carbocycles. The summed E-state index contributed by atoms with van der Waals surface area (Å²) in [7, 11) is 3.11. The van der Waals surface area contributed by atoms with E-state index in [2.05, 4.69) is 26.5 Å². The van der Waals surface area contributed by atoms with Gasteiger partial charge in [-0.1, -0.05) is 6.92 Å². The van der Waals surface area contributed by atoms with Crippen LogP contribution in [0.3, 0.4) is 0 Å². The van der Waals surface area contributed by atoms with E-state index in [4.69, 9.17) is 18.9 Å². The average Bonchev–Trinajstić information content (AvgIpc) is 2.72. The van der Waals surface area contributed by atoms with Gasteiger partial charge in [0, 0.05) is 5.56 Å². The van der Waals surface area contributed by atoms with Crippen molar-refractivity contribution in [1.29, 1.82) is 0 Å². The molecule has 0 spiro atoms. The van der Waals surface area contributed by atoms with Crippen LogP contribution in [0.1, 0.15) is 36.2 Å². The Labute approximate surface area is 179 Å². The summed E-state index contributed by atoms with van der Waals surface area (Å²) in [5.41, 5.74) is 3.66. The van der Waals surface area contributed by atoms with E-state index in [0.717, 1.165) is 16.5 Å². The molecule has 0 unspecified atom stereocenters. The lowest BCUT2D eigenvalue weighted by molar-refractivity contribution is 0.0954. The minimum absolute atomic E-state index is 0.358. The number of methoxy groups -OCH3 is 2. The molecule has 0 radical (unpaired) electrons. The zero-order valence-corrected chi connectivity index (χ0v) is 18.5. The summed E-state index contributed by atoms with van der Waals surface area (Å²) in [6, 6.07) is 8.61. The van der Waals surface area contributed by atoms with Crippen molar-refractivity contribution in [3.8, 4) is 23.0 Å². The number of nitrogens with one attached hydrogen (secondary N) is 1. The van der Waals surface area contributed by atoms with Gasteiger partial charge in [-0.25, -0.2) is 5.43 Å². The number of benzene rings is 2. The van der Waals surface area contributed by atoms with Crippen LogP contribution in [0.2, 0.25) is 0 Å². The van der Waals surface area contributed by atoms with Gasteiger partial charge in [-0.05, 0) is 65.2 Å². The molecule has 0 saturated carbocycles. The summed E-state index contributed by atoms with van der Waals surface area (Å²) in [5, 5.41) is 4.02. The Bertz CT molecular complexity index is 870. The predicted octanol–water partition coefficient (Wildman–Crippen LogP) is 4.42. The highest BCUT2D eigenvalue weighted by Gasteiger charge is 2.12. The Morgan fingerprint density at radius 2 is 1.86 bits per heavy atom. The molecule has 2 aromatic rings. The summed E-state index contributed by atoms with van der Waals surface area (Å²) in [5.74, 6) is 1.93. The standard InChI is InChI=1S/C21H25BrN2O5/c1-5-9-29-17-8-7-15(12-18(17)28-6-2)21(25)24-23-13-14-10-16(22)20(27-4)19(11-14)26-3/h7-8,10-13H,5-6,9H2,1-4H3,(H,24,25)/b23-13+. The Kier molecular flexibility index (Phi) is 8.79. The molecule has 0 fully saturated rings. The van der Waals surface area contributed by atoms with Gasteiger partial charge in [0.15, 0.2) is 23.0 Å². The van der Waals surface area contributed by atoms with Crippen molar-refractivity contribution in [2.24, 2.45) is 5.10 Å². The maximum atomic E-state index is 12.4. The second kappa shape index (κ2) is 11.3. The molecule has 0 atom stereocenters. The number of hydrazone groups is 1. The van der Waals surface area contributed by atoms with Crippen LogP contribution in [0.15, 0.2) is 39.9 Å². The Hall–Kier alpha value is -2.74. The molecular formula is C21H25BrN2O5. The van der Waals surface area contributed by atoms with Crippen molar-refractivity contribution < 1.29 is 23.7 Å². The lowest BCUT2D eigenvalue weighted by Crippen LogP contribution is -2.17. The topological polar surface area (TPSA) is 78.4 Å². The van der Waals surface area contributed by atoms with Crippen LogP contribution in [-0.2, 0) is 0 Å². The lowest BCUT2D eigenvalue weighted by atomic mass is 10.2. The van der Waals surface area contributed by atoms with E-state index in [9.17, 15) is 4.79 Å². The van der Waals surface area contributed by atoms with E-state index in [1.807, 2.05) is 19.9 Å². The number of hydrogen-bond donors (Lipinski definition) is 1. The van der Waals surface area contributed by atoms with Crippen molar-refractivity contribution in [2.45, 2.75) is 20.3 Å². The highest BCUT2D eigenvalue weighted by atomic mass is 79.9. The first-order valence-corrected chi connectivity index (χ1v) is 9.97. The van der Waals surface area contributed by atoms with Gasteiger partial charge in [0.05, 0.1) is 38.1 Å². The van der Waals surface area contributed by atoms with Crippen molar-refractivity contribution in [3.63, 3.8) is 0 Å². The zero-order chi connectivity index (χ0) is 21.2. The van der Waals surface area contributed by atoms with Crippen LogP contribution in [0.4, 0.5) is 0 Å². The number of rotatable bonds is 10. The fraction of sp³-hybridized carbons (Fsp3) is 0.333. The van der Waals surface area contributed by atoms with Crippen LogP contribution in [0.25, 0.3) is 0 Å². The summed E-state index contributed by atoms with van der Waals surface area (Å²) in [6.45, 7) is 4.95. The van der Waals surface area contributed by atoms with E-state index < -0.39 is 0 Å². The molecule has 2 rings (SSSR count). The van der Waals surface area contributed by atoms with E-state index in [-0.39, 0.29) is 5.91 Å². The lowest BCUT2D eigenvalue weighted by Gasteiger charge is -2.12. The van der Waals surface area contributed by atoms with E-state index in [0.29, 0.717) is 41.8 Å². The predicted molar refractivity (Wildman–Crippen MR) is 116 cm³/mol. The maximum Gasteiger partial charge on any atom is 0.271 e. The van der Waals surface area contributed by atoms with Gasteiger partial charge < -0.3 is 18.9 Å². The van der Waals surface area contributed by atoms with Gasteiger partial charge in [-0.15, -0.1) is 0 Å². The molecular weight excluding hydrogens is 440 g/mol. The molecule has 0 aliphatic heterocycles. The number of halogens is 1. The summed E-state index contributed by atoms with van der Waals surface area (Å²) < 4.78 is 22.5. The van der Waals surface area contributed by atoms with Crippen LogP contribution in [-0.4, -0.2) is 39.6 Å². The van der Waals surface area contributed by atoms with Crippen molar-refractivity contribution in [2.75, 3.05) is 27.4 Å². The Morgan fingerprint density at radius 1 is 1.07 bits per heavy atom. The average molecular weight is 465 g/mol. The molecule has 29 heavy (non-hydrogen) atoms. The second-order valence-corrected chi connectivity index (χ2v) is 6.73. The number of nitrogens with zero attached hydrogens (tertiary/aromatic N) is 1. The normalized spacial score (nSPS) is 10.7. The molecule has 156 valence electrons. The van der Waals surface area contributed by atoms with Crippen molar-refractivity contribution in [1.82, 2.24) is 5.43 Å². The third-order valence-corrected chi connectivity index (χ3v) is 4.39. The number of hydrogen-bond acceptors (Lipinski definition) is 6. The van der Waals surface area contributed by atoms with Gasteiger partial charge in [0.2, 0.25) is 0 Å². The van der Waals surface area contributed by atoms with Gasteiger partial charge in [-0.3, -0.25) is 4.79 Å². The minimum atomic E-state index is -0.358. The third-order valence-electron chi connectivity index (χ3n) is 3.80. The van der Waals surface area contributed by atoms with Gasteiger partial charge in [-0.2, -0.15) is 5.10 Å². The summed E-state index contributed by atoms with van der Waals surface area (Å²) in [6.07, 6.45) is 2.40. The first-order chi connectivity index (χ1) is 14.0. The molecule has 0 heterocycles. The van der Waals surface area contributed by atoms with E-state index >= 15 is 0 Å². The van der Waals surface area contributed by atoms with E-state index in [1.54, 1.807) is 38.5 Å². The Morgan fingerprint density at radius 3 is 2.52 bits per heavy atom. The highest BCUT2D eigenvalue weighted by molar-refractivity contribution is 9.10. The molecule has 8 heteroatoms. The largest absolute Gasteiger partial charge is 0.493 e. The molecule has 1 N–H and O–H groups in total.